The molecule has 0 saturated carbocycles. The number of aryl methyl sites for hydroxylation is 1. The molecule has 1 aromatic carbocycles. The summed E-state index contributed by atoms with van der Waals surface area (Å²) in [6.07, 6.45) is 2.48. The zero-order valence-corrected chi connectivity index (χ0v) is 14.3. The van der Waals surface area contributed by atoms with Crippen LogP contribution in [0, 0.1) is 6.92 Å². The van der Waals surface area contributed by atoms with E-state index in [0.29, 0.717) is 6.61 Å². The Labute approximate surface area is 141 Å². The Morgan fingerprint density at radius 1 is 1.30 bits per heavy atom. The fourth-order valence-corrected chi connectivity index (χ4v) is 3.35. The average Bonchev–Trinajstić information content (AvgIpc) is 2.84. The van der Waals surface area contributed by atoms with Crippen LogP contribution in [0.5, 0.6) is 0 Å². The summed E-state index contributed by atoms with van der Waals surface area (Å²) >= 11 is 5.27. The van der Waals surface area contributed by atoms with E-state index >= 15 is 0 Å². The lowest BCUT2D eigenvalue weighted by atomic mass is 10.0. The van der Waals surface area contributed by atoms with Gasteiger partial charge in [0.25, 0.3) is 5.17 Å². The van der Waals surface area contributed by atoms with E-state index in [2.05, 4.69) is 5.32 Å². The summed E-state index contributed by atoms with van der Waals surface area (Å²) < 4.78 is 11.3. The minimum atomic E-state index is -0.246. The summed E-state index contributed by atoms with van der Waals surface area (Å²) in [6, 6.07) is 7.70. The minimum Gasteiger partial charge on any atom is -0.460 e. The van der Waals surface area contributed by atoms with E-state index in [1.165, 1.54) is 10.5 Å². The molecule has 124 valence electrons. The first-order valence-corrected chi connectivity index (χ1v) is 8.45. The lowest BCUT2D eigenvalue weighted by Crippen LogP contribution is -2.49. The van der Waals surface area contributed by atoms with E-state index < -0.39 is 0 Å². The van der Waals surface area contributed by atoms with Crippen molar-refractivity contribution in [2.24, 2.45) is 0 Å². The van der Waals surface area contributed by atoms with E-state index in [4.69, 9.17) is 21.7 Å². The van der Waals surface area contributed by atoms with Gasteiger partial charge in [-0.1, -0.05) is 29.8 Å². The van der Waals surface area contributed by atoms with E-state index in [0.717, 1.165) is 24.8 Å². The van der Waals surface area contributed by atoms with Crippen molar-refractivity contribution < 1.29 is 14.3 Å². The van der Waals surface area contributed by atoms with Crippen LogP contribution in [0.2, 0.25) is 0 Å². The number of benzene rings is 1. The molecule has 1 aromatic rings. The highest BCUT2D eigenvalue weighted by Crippen LogP contribution is 2.32. The molecule has 2 aliphatic heterocycles. The van der Waals surface area contributed by atoms with Crippen molar-refractivity contribution in [3.63, 3.8) is 0 Å². The van der Waals surface area contributed by atoms with Crippen molar-refractivity contribution in [3.05, 3.63) is 35.4 Å². The van der Waals surface area contributed by atoms with Crippen LogP contribution in [0.1, 0.15) is 43.4 Å². The molecule has 2 fully saturated rings. The Balaban J connectivity index is 1.69. The fourth-order valence-electron chi connectivity index (χ4n) is 3.00. The monoisotopic (exact) mass is 334 g/mol. The molecule has 0 bridgehead atoms. The van der Waals surface area contributed by atoms with Crippen LogP contribution in [0.4, 0.5) is 4.79 Å². The second-order valence-corrected chi connectivity index (χ2v) is 6.48. The van der Waals surface area contributed by atoms with Crippen molar-refractivity contribution in [3.8, 4) is 0 Å². The average molecular weight is 334 g/mol. The van der Waals surface area contributed by atoms with Crippen LogP contribution in [0.3, 0.4) is 0 Å². The van der Waals surface area contributed by atoms with E-state index in [1.54, 1.807) is 0 Å². The number of rotatable bonds is 2. The van der Waals surface area contributed by atoms with Crippen LogP contribution in [0.25, 0.3) is 0 Å². The fraction of sp³-hybridized carbons (Fsp3) is 0.529. The molecular formula is C17H22N2O3S. The number of hydrogen-bond acceptors (Lipinski definition) is 4. The SMILES string of the molecule is Cc1ccc([C@H]2OC(=S)N(C(=O)NC3CCCCO3)[C@@H]2C)cc1. The molecule has 2 heterocycles. The largest absolute Gasteiger partial charge is 0.460 e. The maximum atomic E-state index is 12.5. The Bertz CT molecular complexity index is 584. The van der Waals surface area contributed by atoms with Gasteiger partial charge in [0.05, 0.1) is 6.04 Å². The second kappa shape index (κ2) is 6.84. The molecular weight excluding hydrogens is 312 g/mol. The molecule has 1 unspecified atom stereocenters. The summed E-state index contributed by atoms with van der Waals surface area (Å²) in [5.74, 6) is 0. The minimum absolute atomic E-state index is 0.159. The van der Waals surface area contributed by atoms with Gasteiger partial charge in [0.1, 0.15) is 12.3 Å². The zero-order valence-electron chi connectivity index (χ0n) is 13.5. The molecule has 0 aromatic heterocycles. The number of carbonyl (C=O) groups is 1. The highest BCUT2D eigenvalue weighted by Gasteiger charge is 2.41. The van der Waals surface area contributed by atoms with Gasteiger partial charge < -0.3 is 14.8 Å². The number of nitrogens with zero attached hydrogens (tertiary/aromatic N) is 1. The van der Waals surface area contributed by atoms with Crippen molar-refractivity contribution >= 4 is 23.4 Å². The molecule has 0 spiro atoms. The van der Waals surface area contributed by atoms with Crippen LogP contribution in [-0.4, -0.2) is 35.0 Å². The third kappa shape index (κ3) is 3.48. The summed E-state index contributed by atoms with van der Waals surface area (Å²) in [6.45, 7) is 4.68. The first-order valence-electron chi connectivity index (χ1n) is 8.05. The summed E-state index contributed by atoms with van der Waals surface area (Å²) in [7, 11) is 0. The first kappa shape index (κ1) is 16.2. The molecule has 2 saturated heterocycles. The van der Waals surface area contributed by atoms with Crippen molar-refractivity contribution in [2.45, 2.75) is 51.5 Å². The van der Waals surface area contributed by atoms with Gasteiger partial charge >= 0.3 is 6.03 Å². The summed E-state index contributed by atoms with van der Waals surface area (Å²) in [5.41, 5.74) is 2.21. The standard InChI is InChI=1S/C17H22N2O3S/c1-11-6-8-13(9-7-11)15-12(2)19(17(23)22-15)16(20)18-14-5-3-4-10-21-14/h6-9,12,14-15H,3-5,10H2,1-2H3,(H,18,20)/t12-,14?,15+/m1/s1. The Morgan fingerprint density at radius 2 is 2.04 bits per heavy atom. The number of thiocarbonyl (C=S) groups is 1. The summed E-state index contributed by atoms with van der Waals surface area (Å²) in [4.78, 5) is 14.0. The van der Waals surface area contributed by atoms with Gasteiger partial charge in [-0.15, -0.1) is 0 Å². The van der Waals surface area contributed by atoms with Crippen LogP contribution < -0.4 is 5.32 Å². The quantitative estimate of drug-likeness (QED) is 0.843. The lowest BCUT2D eigenvalue weighted by molar-refractivity contribution is 0.000350. The van der Waals surface area contributed by atoms with Gasteiger partial charge in [-0.3, -0.25) is 0 Å². The van der Waals surface area contributed by atoms with E-state index in [-0.39, 0.29) is 29.6 Å². The van der Waals surface area contributed by atoms with E-state index in [1.807, 2.05) is 38.1 Å². The number of hydrogen-bond donors (Lipinski definition) is 1. The van der Waals surface area contributed by atoms with Gasteiger partial charge in [-0.2, -0.15) is 0 Å². The van der Waals surface area contributed by atoms with Gasteiger partial charge in [0, 0.05) is 6.61 Å². The predicted octanol–water partition coefficient (Wildman–Crippen LogP) is 3.28. The highest BCUT2D eigenvalue weighted by atomic mass is 32.1. The highest BCUT2D eigenvalue weighted by molar-refractivity contribution is 7.80. The van der Waals surface area contributed by atoms with Crippen LogP contribution >= 0.6 is 12.2 Å². The number of urea groups is 1. The van der Waals surface area contributed by atoms with E-state index in [9.17, 15) is 4.79 Å². The normalized spacial score (nSPS) is 27.7. The molecule has 23 heavy (non-hydrogen) atoms. The van der Waals surface area contributed by atoms with Crippen LogP contribution in [0.15, 0.2) is 24.3 Å². The molecule has 5 nitrogen and oxygen atoms in total. The molecule has 1 N–H and O–H groups in total. The third-order valence-electron chi connectivity index (χ3n) is 4.36. The first-order chi connectivity index (χ1) is 11.1. The molecule has 0 radical (unpaired) electrons. The molecule has 3 atom stereocenters. The smallest absolute Gasteiger partial charge is 0.327 e. The molecule has 0 aliphatic carbocycles. The van der Waals surface area contributed by atoms with Crippen LogP contribution in [-0.2, 0) is 9.47 Å². The molecule has 2 amide bonds. The molecule has 6 heteroatoms. The number of ether oxygens (including phenoxy) is 2. The number of nitrogens with one attached hydrogen (secondary N) is 1. The lowest BCUT2D eigenvalue weighted by Gasteiger charge is -2.27. The van der Waals surface area contributed by atoms with Gasteiger partial charge in [-0.05, 0) is 50.9 Å². The second-order valence-electron chi connectivity index (χ2n) is 6.13. The van der Waals surface area contributed by atoms with Crippen molar-refractivity contribution in [2.75, 3.05) is 6.61 Å². The van der Waals surface area contributed by atoms with Crippen molar-refractivity contribution in [1.82, 2.24) is 10.2 Å². The van der Waals surface area contributed by atoms with Gasteiger partial charge in [0.15, 0.2) is 0 Å². The number of amides is 2. The Morgan fingerprint density at radius 3 is 2.70 bits per heavy atom. The maximum absolute atomic E-state index is 12.5. The molecule has 3 rings (SSSR count). The topological polar surface area (TPSA) is 50.8 Å². The predicted molar refractivity (Wildman–Crippen MR) is 91.0 cm³/mol. The Hall–Kier alpha value is -1.66. The molecule has 2 aliphatic rings. The van der Waals surface area contributed by atoms with Crippen molar-refractivity contribution in [1.29, 1.82) is 0 Å². The third-order valence-corrected chi connectivity index (χ3v) is 4.65. The van der Waals surface area contributed by atoms with Gasteiger partial charge in [0.2, 0.25) is 0 Å². The zero-order chi connectivity index (χ0) is 16.4. The number of carbonyl (C=O) groups excluding carboxylic acids is 1. The Kier molecular flexibility index (Phi) is 4.82. The maximum Gasteiger partial charge on any atom is 0.327 e. The summed E-state index contributed by atoms with van der Waals surface area (Å²) in [5, 5.41) is 3.12. The van der Waals surface area contributed by atoms with Gasteiger partial charge in [-0.25, -0.2) is 9.69 Å².